The number of rotatable bonds is 8. The molecule has 1 saturated heterocycles. The van der Waals surface area contributed by atoms with Crippen LogP contribution in [0.2, 0.25) is 0 Å². The van der Waals surface area contributed by atoms with Crippen molar-refractivity contribution in [1.82, 2.24) is 10.2 Å². The molecule has 1 aliphatic rings. The first-order valence-electron chi connectivity index (χ1n) is 8.83. The molecule has 7 heteroatoms. The van der Waals surface area contributed by atoms with E-state index in [-0.39, 0.29) is 11.8 Å². The molecule has 0 radical (unpaired) electrons. The first kappa shape index (κ1) is 19.7. The van der Waals surface area contributed by atoms with Gasteiger partial charge in [-0.1, -0.05) is 0 Å². The van der Waals surface area contributed by atoms with Crippen LogP contribution in [0.1, 0.15) is 26.2 Å². The summed E-state index contributed by atoms with van der Waals surface area (Å²) < 4.78 is 28.5. The monoisotopic (exact) mass is 368 g/mol. The second-order valence-corrected chi connectivity index (χ2v) is 8.47. The highest BCUT2D eigenvalue weighted by atomic mass is 32.2. The maximum atomic E-state index is 11.8. The van der Waals surface area contributed by atoms with Crippen LogP contribution in [0.4, 0.5) is 0 Å². The molecule has 6 nitrogen and oxygen atoms in total. The summed E-state index contributed by atoms with van der Waals surface area (Å²) in [6, 6.07) is 6.51. The lowest BCUT2D eigenvalue weighted by Crippen LogP contribution is -2.41. The molecule has 0 saturated carbocycles. The largest absolute Gasteiger partial charge is 0.494 e. The summed E-state index contributed by atoms with van der Waals surface area (Å²) in [4.78, 5) is 14.5. The molecule has 0 spiro atoms. The SMILES string of the molecule is CCNC(=O)C1CCN(CCCOc2ccc(S(C)(=O)=O)cc2)CC1. The molecule has 0 aromatic heterocycles. The lowest BCUT2D eigenvalue weighted by atomic mass is 9.96. The summed E-state index contributed by atoms with van der Waals surface area (Å²) in [6.07, 6.45) is 3.93. The van der Waals surface area contributed by atoms with Crippen LogP contribution in [0.15, 0.2) is 29.2 Å². The minimum absolute atomic E-state index is 0.154. The molecular formula is C18H28N2O4S. The van der Waals surface area contributed by atoms with E-state index in [0.717, 1.165) is 38.9 Å². The molecule has 1 aromatic rings. The van der Waals surface area contributed by atoms with Gasteiger partial charge in [-0.25, -0.2) is 8.42 Å². The van der Waals surface area contributed by atoms with Crippen LogP contribution < -0.4 is 10.1 Å². The van der Waals surface area contributed by atoms with Crippen molar-refractivity contribution < 1.29 is 17.9 Å². The highest BCUT2D eigenvalue weighted by molar-refractivity contribution is 7.90. The van der Waals surface area contributed by atoms with Crippen LogP contribution >= 0.6 is 0 Å². The molecular weight excluding hydrogens is 340 g/mol. The van der Waals surface area contributed by atoms with Gasteiger partial charge in [0.15, 0.2) is 9.84 Å². The van der Waals surface area contributed by atoms with E-state index in [1.54, 1.807) is 24.3 Å². The molecule has 0 atom stereocenters. The maximum absolute atomic E-state index is 11.8. The molecule has 25 heavy (non-hydrogen) atoms. The summed E-state index contributed by atoms with van der Waals surface area (Å²) in [6.45, 7) is 6.08. The van der Waals surface area contributed by atoms with Crippen LogP contribution in [0.25, 0.3) is 0 Å². The van der Waals surface area contributed by atoms with Crippen molar-refractivity contribution in [2.24, 2.45) is 5.92 Å². The molecule has 1 aromatic carbocycles. The number of sulfone groups is 1. The predicted octanol–water partition coefficient (Wildman–Crippen LogP) is 1.71. The van der Waals surface area contributed by atoms with Gasteiger partial charge < -0.3 is 15.0 Å². The zero-order valence-electron chi connectivity index (χ0n) is 15.0. The predicted molar refractivity (Wildman–Crippen MR) is 97.5 cm³/mol. The average molecular weight is 368 g/mol. The van der Waals surface area contributed by atoms with Gasteiger partial charge in [0.2, 0.25) is 5.91 Å². The zero-order chi connectivity index (χ0) is 18.3. The highest BCUT2D eigenvalue weighted by Gasteiger charge is 2.24. The average Bonchev–Trinajstić information content (AvgIpc) is 2.59. The van der Waals surface area contributed by atoms with E-state index in [1.165, 1.54) is 6.26 Å². The lowest BCUT2D eigenvalue weighted by molar-refractivity contribution is -0.126. The van der Waals surface area contributed by atoms with E-state index in [2.05, 4.69) is 10.2 Å². The Morgan fingerprint density at radius 1 is 1.24 bits per heavy atom. The van der Waals surface area contributed by atoms with Gasteiger partial charge >= 0.3 is 0 Å². The van der Waals surface area contributed by atoms with E-state index >= 15 is 0 Å². The quantitative estimate of drug-likeness (QED) is 0.707. The van der Waals surface area contributed by atoms with Crippen molar-refractivity contribution in [1.29, 1.82) is 0 Å². The van der Waals surface area contributed by atoms with E-state index in [0.29, 0.717) is 23.8 Å². The number of ether oxygens (including phenoxy) is 1. The third-order valence-corrected chi connectivity index (χ3v) is 5.58. The molecule has 1 N–H and O–H groups in total. The molecule has 140 valence electrons. The third-order valence-electron chi connectivity index (χ3n) is 4.45. The Labute approximate surface area is 150 Å². The van der Waals surface area contributed by atoms with Gasteiger partial charge in [-0.05, 0) is 63.5 Å². The number of hydrogen-bond acceptors (Lipinski definition) is 5. The van der Waals surface area contributed by atoms with Gasteiger partial charge in [0.05, 0.1) is 11.5 Å². The maximum Gasteiger partial charge on any atom is 0.223 e. The molecule has 1 amide bonds. The number of piperidine rings is 1. The normalized spacial score (nSPS) is 16.6. The Bertz CT molecular complexity index is 650. The second kappa shape index (κ2) is 9.20. The molecule has 1 heterocycles. The van der Waals surface area contributed by atoms with Crippen molar-refractivity contribution in [2.75, 3.05) is 39.0 Å². The first-order valence-corrected chi connectivity index (χ1v) is 10.7. The Morgan fingerprint density at radius 2 is 1.88 bits per heavy atom. The molecule has 2 rings (SSSR count). The summed E-state index contributed by atoms with van der Waals surface area (Å²) in [5.41, 5.74) is 0. The second-order valence-electron chi connectivity index (χ2n) is 6.46. The molecule has 0 aliphatic carbocycles. The molecule has 0 unspecified atom stereocenters. The van der Waals surface area contributed by atoms with Crippen LogP contribution in [0.3, 0.4) is 0 Å². The van der Waals surface area contributed by atoms with Crippen LogP contribution in [0.5, 0.6) is 5.75 Å². The zero-order valence-corrected chi connectivity index (χ0v) is 15.8. The third kappa shape index (κ3) is 6.32. The van der Waals surface area contributed by atoms with Gasteiger partial charge in [-0.3, -0.25) is 4.79 Å². The van der Waals surface area contributed by atoms with Crippen molar-refractivity contribution >= 4 is 15.7 Å². The topological polar surface area (TPSA) is 75.7 Å². The Hall–Kier alpha value is -1.60. The number of nitrogens with one attached hydrogen (secondary N) is 1. The van der Waals surface area contributed by atoms with E-state index in [4.69, 9.17) is 4.74 Å². The number of amides is 1. The van der Waals surface area contributed by atoms with E-state index < -0.39 is 9.84 Å². The van der Waals surface area contributed by atoms with Gasteiger partial charge in [0, 0.05) is 25.3 Å². The van der Waals surface area contributed by atoms with Crippen molar-refractivity contribution in [3.63, 3.8) is 0 Å². The summed E-state index contributed by atoms with van der Waals surface area (Å²) in [5.74, 6) is 1.02. The van der Waals surface area contributed by atoms with Crippen molar-refractivity contribution in [3.05, 3.63) is 24.3 Å². The standard InChI is InChI=1S/C18H28N2O4S/c1-3-19-18(21)15-9-12-20(13-10-15)11-4-14-24-16-5-7-17(8-6-16)25(2,22)23/h5-8,15H,3-4,9-14H2,1-2H3,(H,19,21). The Balaban J connectivity index is 1.65. The smallest absolute Gasteiger partial charge is 0.223 e. The fraction of sp³-hybridized carbons (Fsp3) is 0.611. The Morgan fingerprint density at radius 3 is 2.44 bits per heavy atom. The van der Waals surface area contributed by atoms with Gasteiger partial charge in [0.1, 0.15) is 5.75 Å². The molecule has 1 aliphatic heterocycles. The number of hydrogen-bond donors (Lipinski definition) is 1. The minimum Gasteiger partial charge on any atom is -0.494 e. The fourth-order valence-electron chi connectivity index (χ4n) is 3.00. The molecule has 1 fully saturated rings. The fourth-order valence-corrected chi connectivity index (χ4v) is 3.63. The van der Waals surface area contributed by atoms with Gasteiger partial charge in [-0.15, -0.1) is 0 Å². The van der Waals surface area contributed by atoms with Crippen LogP contribution in [-0.4, -0.2) is 58.3 Å². The van der Waals surface area contributed by atoms with Gasteiger partial charge in [0.25, 0.3) is 0 Å². The number of benzene rings is 1. The van der Waals surface area contributed by atoms with Crippen LogP contribution in [0, 0.1) is 5.92 Å². The van der Waals surface area contributed by atoms with E-state index in [1.807, 2.05) is 6.92 Å². The lowest BCUT2D eigenvalue weighted by Gasteiger charge is -2.31. The number of carbonyl (C=O) groups excluding carboxylic acids is 1. The summed E-state index contributed by atoms with van der Waals surface area (Å²) in [5, 5.41) is 2.90. The number of carbonyl (C=O) groups is 1. The summed E-state index contributed by atoms with van der Waals surface area (Å²) >= 11 is 0. The highest BCUT2D eigenvalue weighted by Crippen LogP contribution is 2.18. The summed E-state index contributed by atoms with van der Waals surface area (Å²) in [7, 11) is -3.16. The molecule has 0 bridgehead atoms. The number of likely N-dealkylation sites (tertiary alicyclic amines) is 1. The van der Waals surface area contributed by atoms with Crippen LogP contribution in [-0.2, 0) is 14.6 Å². The minimum atomic E-state index is -3.16. The van der Waals surface area contributed by atoms with E-state index in [9.17, 15) is 13.2 Å². The Kier molecular flexibility index (Phi) is 7.25. The van der Waals surface area contributed by atoms with Crippen molar-refractivity contribution in [3.8, 4) is 5.75 Å². The van der Waals surface area contributed by atoms with Gasteiger partial charge in [-0.2, -0.15) is 0 Å². The van der Waals surface area contributed by atoms with Crippen molar-refractivity contribution in [2.45, 2.75) is 31.1 Å². The number of nitrogens with zero attached hydrogens (tertiary/aromatic N) is 1. The first-order chi connectivity index (χ1) is 11.9.